The molecule has 0 spiro atoms. The number of carbonyl (C=O) groups excluding carboxylic acids is 1. The number of anilines is 1. The van der Waals surface area contributed by atoms with E-state index in [1.165, 1.54) is 25.1 Å². The summed E-state index contributed by atoms with van der Waals surface area (Å²) in [5, 5.41) is 11.8. The lowest BCUT2D eigenvalue weighted by atomic mass is 10.1. The van der Waals surface area contributed by atoms with E-state index in [2.05, 4.69) is 17.2 Å². The van der Waals surface area contributed by atoms with Crippen LogP contribution in [0.2, 0.25) is 5.02 Å². The second-order valence-electron chi connectivity index (χ2n) is 6.74. The smallest absolute Gasteiger partial charge is 0.341 e. The van der Waals surface area contributed by atoms with Crippen molar-refractivity contribution in [3.8, 4) is 17.6 Å². The summed E-state index contributed by atoms with van der Waals surface area (Å²) in [6.45, 7) is 4.25. The molecule has 31 heavy (non-hydrogen) atoms. The number of ether oxygens (including phenoxy) is 1. The monoisotopic (exact) mass is 463 g/mol. The molecular weight excluding hydrogens is 442 g/mol. The second kappa shape index (κ2) is 10.3. The highest BCUT2D eigenvalue weighted by Gasteiger charge is 2.20. The van der Waals surface area contributed by atoms with Crippen LogP contribution >= 0.6 is 11.6 Å². The minimum Gasteiger partial charge on any atom is -0.481 e. The van der Waals surface area contributed by atoms with Gasteiger partial charge in [0, 0.05) is 17.5 Å². The van der Waals surface area contributed by atoms with Gasteiger partial charge in [-0.1, -0.05) is 30.4 Å². The van der Waals surface area contributed by atoms with E-state index in [9.17, 15) is 18.0 Å². The molecule has 0 aromatic heterocycles. The maximum atomic E-state index is 12.7. The van der Waals surface area contributed by atoms with Crippen LogP contribution in [-0.4, -0.2) is 37.8 Å². The van der Waals surface area contributed by atoms with Gasteiger partial charge in [0.15, 0.2) is 16.4 Å². The van der Waals surface area contributed by atoms with E-state index in [1.54, 1.807) is 26.0 Å². The molecule has 164 valence electrons. The molecule has 9 heteroatoms. The van der Waals surface area contributed by atoms with Crippen molar-refractivity contribution in [2.24, 2.45) is 0 Å². The highest BCUT2D eigenvalue weighted by Crippen LogP contribution is 2.28. The molecule has 0 aliphatic heterocycles. The topological polar surface area (TPSA) is 110 Å². The number of hydrogen-bond donors (Lipinski definition) is 2. The molecule has 0 fully saturated rings. The lowest BCUT2D eigenvalue weighted by molar-refractivity contribution is -0.139. The summed E-state index contributed by atoms with van der Waals surface area (Å²) in [6.07, 6.45) is 0.420. The average molecular weight is 464 g/mol. The van der Waals surface area contributed by atoms with Crippen molar-refractivity contribution in [1.29, 1.82) is 0 Å². The Morgan fingerprint density at radius 1 is 1.16 bits per heavy atom. The van der Waals surface area contributed by atoms with E-state index >= 15 is 0 Å². The molecule has 0 heterocycles. The third-order valence-electron chi connectivity index (χ3n) is 4.07. The van der Waals surface area contributed by atoms with Crippen molar-refractivity contribution in [2.75, 3.05) is 17.7 Å². The van der Waals surface area contributed by atoms with Crippen LogP contribution in [0.4, 0.5) is 5.69 Å². The average Bonchev–Trinajstić information content (AvgIpc) is 2.65. The normalized spacial score (nSPS) is 10.7. The van der Waals surface area contributed by atoms with E-state index < -0.39 is 22.4 Å². The van der Waals surface area contributed by atoms with E-state index in [0.717, 1.165) is 0 Å². The largest absolute Gasteiger partial charge is 0.481 e. The van der Waals surface area contributed by atoms with Gasteiger partial charge >= 0.3 is 5.97 Å². The van der Waals surface area contributed by atoms with Gasteiger partial charge in [-0.3, -0.25) is 4.79 Å². The third-order valence-corrected chi connectivity index (χ3v) is 6.26. The van der Waals surface area contributed by atoms with Crippen LogP contribution < -0.4 is 10.1 Å². The quantitative estimate of drug-likeness (QED) is 0.606. The summed E-state index contributed by atoms with van der Waals surface area (Å²) in [5.41, 5.74) is 1.66. The zero-order chi connectivity index (χ0) is 23.2. The molecule has 1 amide bonds. The first-order valence-electron chi connectivity index (χ1n) is 9.34. The van der Waals surface area contributed by atoms with Gasteiger partial charge in [0.05, 0.1) is 21.9 Å². The van der Waals surface area contributed by atoms with Crippen LogP contribution in [0.1, 0.15) is 37.0 Å². The molecular formula is C22H22ClNO6S. The summed E-state index contributed by atoms with van der Waals surface area (Å²) in [6, 6.07) is 7.59. The Bertz CT molecular complexity index is 1180. The maximum Gasteiger partial charge on any atom is 0.341 e. The number of rotatable bonds is 7. The Labute approximate surface area is 186 Å². The van der Waals surface area contributed by atoms with E-state index in [1.807, 2.05) is 0 Å². The molecule has 2 aromatic rings. The summed E-state index contributed by atoms with van der Waals surface area (Å²) in [7, 11) is -3.64. The number of nitrogens with one attached hydrogen (secondary N) is 1. The van der Waals surface area contributed by atoms with Crippen LogP contribution in [0.25, 0.3) is 0 Å². The SMILES string of the molecule is CCCS(=O)(=O)c1cc(C#Cc2cc(Cl)ccc2OCC(=O)O)c(C)cc1NC(C)=O. The fourth-order valence-corrected chi connectivity index (χ4v) is 4.42. The number of carboxylic acid groups (broad SMARTS) is 1. The highest BCUT2D eigenvalue weighted by molar-refractivity contribution is 7.91. The number of sulfone groups is 1. The molecule has 7 nitrogen and oxygen atoms in total. The third kappa shape index (κ3) is 6.74. The molecule has 0 radical (unpaired) electrons. The Morgan fingerprint density at radius 3 is 2.45 bits per heavy atom. The lowest BCUT2D eigenvalue weighted by Gasteiger charge is -2.13. The number of aryl methyl sites for hydroxylation is 1. The van der Waals surface area contributed by atoms with Gasteiger partial charge in [-0.2, -0.15) is 0 Å². The van der Waals surface area contributed by atoms with Gasteiger partial charge in [0.1, 0.15) is 5.75 Å². The van der Waals surface area contributed by atoms with Gasteiger partial charge in [0.25, 0.3) is 0 Å². The number of carbonyl (C=O) groups is 2. The fourth-order valence-electron chi connectivity index (χ4n) is 2.75. The standard InChI is InChI=1S/C22H22ClNO6S/c1-4-9-31(28,29)21-12-16(14(2)10-19(21)24-15(3)25)5-6-17-11-18(23)7-8-20(17)30-13-22(26)27/h7-8,10-12H,4,9,13H2,1-3H3,(H,24,25)(H,26,27). The molecule has 2 rings (SSSR count). The summed E-state index contributed by atoms with van der Waals surface area (Å²) < 4.78 is 30.7. The van der Waals surface area contributed by atoms with E-state index in [-0.39, 0.29) is 28.0 Å². The molecule has 0 saturated heterocycles. The molecule has 2 aromatic carbocycles. The van der Waals surface area contributed by atoms with Crippen LogP contribution in [0.3, 0.4) is 0 Å². The summed E-state index contributed by atoms with van der Waals surface area (Å²) in [5.74, 6) is 4.43. The Kier molecular flexibility index (Phi) is 8.08. The first-order chi connectivity index (χ1) is 14.5. The summed E-state index contributed by atoms with van der Waals surface area (Å²) in [4.78, 5) is 22.3. The van der Waals surface area contributed by atoms with Gasteiger partial charge < -0.3 is 15.2 Å². The molecule has 0 aliphatic rings. The maximum absolute atomic E-state index is 12.7. The first kappa shape index (κ1) is 24.3. The molecule has 0 unspecified atom stereocenters. The Hall–Kier alpha value is -3.02. The van der Waals surface area contributed by atoms with Crippen LogP contribution in [0.15, 0.2) is 35.2 Å². The van der Waals surface area contributed by atoms with Crippen molar-refractivity contribution >= 4 is 39.0 Å². The number of carboxylic acids is 1. The number of aliphatic carboxylic acids is 1. The van der Waals surface area contributed by atoms with Crippen LogP contribution in [0, 0.1) is 18.8 Å². The predicted molar refractivity (Wildman–Crippen MR) is 118 cm³/mol. The van der Waals surface area contributed by atoms with E-state index in [4.69, 9.17) is 21.4 Å². The van der Waals surface area contributed by atoms with Crippen molar-refractivity contribution in [3.05, 3.63) is 52.0 Å². The summed E-state index contributed by atoms with van der Waals surface area (Å²) >= 11 is 6.02. The molecule has 0 aliphatic carbocycles. The highest BCUT2D eigenvalue weighted by atomic mass is 35.5. The molecule has 0 atom stereocenters. The van der Waals surface area contributed by atoms with Crippen molar-refractivity contribution in [2.45, 2.75) is 32.1 Å². The van der Waals surface area contributed by atoms with Crippen molar-refractivity contribution < 1.29 is 27.9 Å². The fraction of sp³-hybridized carbons (Fsp3) is 0.273. The first-order valence-corrected chi connectivity index (χ1v) is 11.4. The minimum absolute atomic E-state index is 0.00658. The van der Waals surface area contributed by atoms with Crippen molar-refractivity contribution in [3.63, 3.8) is 0 Å². The Morgan fingerprint density at radius 2 is 1.84 bits per heavy atom. The van der Waals surface area contributed by atoms with Gasteiger partial charge in [-0.05, 0) is 49.2 Å². The van der Waals surface area contributed by atoms with Crippen LogP contribution in [0.5, 0.6) is 5.75 Å². The molecule has 2 N–H and O–H groups in total. The lowest BCUT2D eigenvalue weighted by Crippen LogP contribution is -2.14. The van der Waals surface area contributed by atoms with Gasteiger partial charge in [-0.25, -0.2) is 13.2 Å². The van der Waals surface area contributed by atoms with Crippen LogP contribution in [-0.2, 0) is 19.4 Å². The number of amides is 1. The zero-order valence-corrected chi connectivity index (χ0v) is 18.9. The zero-order valence-electron chi connectivity index (χ0n) is 17.3. The number of benzene rings is 2. The number of halogens is 1. The molecule has 0 bridgehead atoms. The molecule has 0 saturated carbocycles. The predicted octanol–water partition coefficient (Wildman–Crippen LogP) is 3.65. The van der Waals surface area contributed by atoms with Crippen molar-refractivity contribution in [1.82, 2.24) is 0 Å². The Balaban J connectivity index is 2.57. The van der Waals surface area contributed by atoms with Gasteiger partial charge in [0.2, 0.25) is 5.91 Å². The second-order valence-corrected chi connectivity index (χ2v) is 9.25. The number of hydrogen-bond acceptors (Lipinski definition) is 5. The minimum atomic E-state index is -3.64. The van der Waals surface area contributed by atoms with E-state index in [0.29, 0.717) is 28.1 Å². The van der Waals surface area contributed by atoms with Gasteiger partial charge in [-0.15, -0.1) is 0 Å².